The lowest BCUT2D eigenvalue weighted by Crippen LogP contribution is -2.02. The molecule has 0 aliphatic carbocycles. The molecule has 0 saturated carbocycles. The van der Waals surface area contributed by atoms with Crippen molar-refractivity contribution in [3.63, 3.8) is 0 Å². The minimum Gasteiger partial charge on any atom is -0.301 e. The van der Waals surface area contributed by atoms with Gasteiger partial charge in [0.15, 0.2) is 0 Å². The van der Waals surface area contributed by atoms with E-state index in [1.807, 2.05) is 6.92 Å². The standard InChI is InChI=1S/C12H11FN2O/c1-2-12-14-5-6-15(12)11-4-3-9(8-16)7-10(11)13/h3-8H,2H2,1H3. The number of imidazole rings is 1. The van der Waals surface area contributed by atoms with Crippen LogP contribution in [0, 0.1) is 5.82 Å². The second kappa shape index (κ2) is 4.26. The van der Waals surface area contributed by atoms with Crippen LogP contribution in [-0.4, -0.2) is 15.8 Å². The lowest BCUT2D eigenvalue weighted by atomic mass is 10.2. The van der Waals surface area contributed by atoms with Crippen molar-refractivity contribution < 1.29 is 9.18 Å². The molecule has 3 nitrogen and oxygen atoms in total. The highest BCUT2D eigenvalue weighted by atomic mass is 19.1. The summed E-state index contributed by atoms with van der Waals surface area (Å²) in [5.41, 5.74) is 0.749. The lowest BCUT2D eigenvalue weighted by Gasteiger charge is -2.07. The van der Waals surface area contributed by atoms with Crippen LogP contribution in [0.15, 0.2) is 30.6 Å². The SMILES string of the molecule is CCc1nccn1-c1ccc(C=O)cc1F. The number of hydrogen-bond acceptors (Lipinski definition) is 2. The van der Waals surface area contributed by atoms with Crippen LogP contribution in [0.5, 0.6) is 0 Å². The average molecular weight is 218 g/mol. The fraction of sp³-hybridized carbons (Fsp3) is 0.167. The van der Waals surface area contributed by atoms with Crippen molar-refractivity contribution in [3.05, 3.63) is 47.8 Å². The van der Waals surface area contributed by atoms with Gasteiger partial charge in [0.05, 0.1) is 5.69 Å². The Bertz CT molecular complexity index is 519. The van der Waals surface area contributed by atoms with E-state index in [4.69, 9.17) is 0 Å². The van der Waals surface area contributed by atoms with Crippen LogP contribution in [0.25, 0.3) is 5.69 Å². The lowest BCUT2D eigenvalue weighted by molar-refractivity contribution is 0.112. The van der Waals surface area contributed by atoms with E-state index < -0.39 is 5.82 Å². The maximum absolute atomic E-state index is 13.7. The number of benzene rings is 1. The molecule has 0 spiro atoms. The smallest absolute Gasteiger partial charge is 0.150 e. The number of carbonyl (C=O) groups excluding carboxylic acids is 1. The molecule has 0 N–H and O–H groups in total. The summed E-state index contributed by atoms with van der Waals surface area (Å²) in [6, 6.07) is 4.40. The van der Waals surface area contributed by atoms with Crippen molar-refractivity contribution in [2.45, 2.75) is 13.3 Å². The van der Waals surface area contributed by atoms with Crippen LogP contribution in [0.2, 0.25) is 0 Å². The van der Waals surface area contributed by atoms with Crippen LogP contribution in [0.3, 0.4) is 0 Å². The molecule has 0 bridgehead atoms. The van der Waals surface area contributed by atoms with Gasteiger partial charge >= 0.3 is 0 Å². The van der Waals surface area contributed by atoms with Gasteiger partial charge in [0.25, 0.3) is 0 Å². The predicted molar refractivity (Wildman–Crippen MR) is 58.3 cm³/mol. The molecule has 0 unspecified atom stereocenters. The number of hydrogen-bond donors (Lipinski definition) is 0. The molecule has 0 saturated heterocycles. The molecule has 0 radical (unpaired) electrons. The summed E-state index contributed by atoms with van der Waals surface area (Å²) in [6.07, 6.45) is 4.69. The van der Waals surface area contributed by atoms with Crippen LogP contribution in [0.1, 0.15) is 23.1 Å². The van der Waals surface area contributed by atoms with Gasteiger partial charge in [-0.25, -0.2) is 9.37 Å². The van der Waals surface area contributed by atoms with Crippen molar-refractivity contribution in [1.82, 2.24) is 9.55 Å². The highest BCUT2D eigenvalue weighted by molar-refractivity contribution is 5.75. The van der Waals surface area contributed by atoms with Gasteiger partial charge < -0.3 is 4.57 Å². The van der Waals surface area contributed by atoms with E-state index in [2.05, 4.69) is 4.98 Å². The monoisotopic (exact) mass is 218 g/mol. The molecule has 1 aromatic heterocycles. The molecular formula is C12H11FN2O. The van der Waals surface area contributed by atoms with Crippen LogP contribution in [-0.2, 0) is 6.42 Å². The Morgan fingerprint density at radius 2 is 2.31 bits per heavy atom. The molecule has 2 rings (SSSR count). The average Bonchev–Trinajstić information content (AvgIpc) is 2.76. The van der Waals surface area contributed by atoms with E-state index in [1.54, 1.807) is 29.1 Å². The third kappa shape index (κ3) is 1.74. The van der Waals surface area contributed by atoms with Crippen molar-refractivity contribution in [3.8, 4) is 5.69 Å². The van der Waals surface area contributed by atoms with E-state index in [-0.39, 0.29) is 0 Å². The van der Waals surface area contributed by atoms with Gasteiger partial charge in [0, 0.05) is 24.4 Å². The Morgan fingerprint density at radius 1 is 1.50 bits per heavy atom. The number of halogens is 1. The summed E-state index contributed by atoms with van der Waals surface area (Å²) in [5, 5.41) is 0. The summed E-state index contributed by atoms with van der Waals surface area (Å²) >= 11 is 0. The van der Waals surface area contributed by atoms with Crippen molar-refractivity contribution in [2.75, 3.05) is 0 Å². The van der Waals surface area contributed by atoms with Crippen LogP contribution < -0.4 is 0 Å². The Balaban J connectivity index is 2.52. The minimum atomic E-state index is -0.419. The number of nitrogens with zero attached hydrogens (tertiary/aromatic N) is 2. The number of aromatic nitrogens is 2. The zero-order valence-electron chi connectivity index (χ0n) is 8.85. The normalized spacial score (nSPS) is 10.4. The molecule has 4 heteroatoms. The van der Waals surface area contributed by atoms with E-state index in [0.29, 0.717) is 17.5 Å². The number of carbonyl (C=O) groups is 1. The summed E-state index contributed by atoms with van der Waals surface area (Å²) in [6.45, 7) is 1.95. The van der Waals surface area contributed by atoms with Gasteiger partial charge in [-0.15, -0.1) is 0 Å². The molecular weight excluding hydrogens is 207 g/mol. The second-order valence-electron chi connectivity index (χ2n) is 3.40. The Labute approximate surface area is 92.5 Å². The predicted octanol–water partition coefficient (Wildman–Crippen LogP) is 2.39. The largest absolute Gasteiger partial charge is 0.301 e. The van der Waals surface area contributed by atoms with Gasteiger partial charge in [-0.2, -0.15) is 0 Å². The van der Waals surface area contributed by atoms with E-state index in [9.17, 15) is 9.18 Å². The Hall–Kier alpha value is -1.97. The first-order valence-corrected chi connectivity index (χ1v) is 5.03. The highest BCUT2D eigenvalue weighted by Crippen LogP contribution is 2.16. The minimum absolute atomic E-state index is 0.333. The van der Waals surface area contributed by atoms with E-state index in [0.717, 1.165) is 12.2 Å². The molecule has 1 aromatic carbocycles. The van der Waals surface area contributed by atoms with Gasteiger partial charge in [0.1, 0.15) is 17.9 Å². The van der Waals surface area contributed by atoms with Crippen molar-refractivity contribution >= 4 is 6.29 Å². The van der Waals surface area contributed by atoms with Gasteiger partial charge in [0.2, 0.25) is 0 Å². The number of aldehydes is 1. The van der Waals surface area contributed by atoms with Gasteiger partial charge in [-0.3, -0.25) is 4.79 Å². The molecule has 0 amide bonds. The molecule has 16 heavy (non-hydrogen) atoms. The second-order valence-corrected chi connectivity index (χ2v) is 3.40. The van der Waals surface area contributed by atoms with E-state index in [1.165, 1.54) is 6.07 Å². The molecule has 1 heterocycles. The molecule has 0 aliphatic rings. The summed E-state index contributed by atoms with van der Waals surface area (Å²) in [5.74, 6) is 0.370. The maximum atomic E-state index is 13.7. The first kappa shape index (κ1) is 10.5. The summed E-state index contributed by atoms with van der Waals surface area (Å²) in [7, 11) is 0. The molecule has 2 aromatic rings. The van der Waals surface area contributed by atoms with Gasteiger partial charge in [-0.1, -0.05) is 6.92 Å². The molecule has 0 atom stereocenters. The third-order valence-electron chi connectivity index (χ3n) is 2.40. The first-order chi connectivity index (χ1) is 7.76. The first-order valence-electron chi connectivity index (χ1n) is 5.03. The van der Waals surface area contributed by atoms with Crippen molar-refractivity contribution in [2.24, 2.45) is 0 Å². The zero-order valence-corrected chi connectivity index (χ0v) is 8.85. The Morgan fingerprint density at radius 3 is 2.94 bits per heavy atom. The third-order valence-corrected chi connectivity index (χ3v) is 2.40. The summed E-state index contributed by atoms with van der Waals surface area (Å²) in [4.78, 5) is 14.6. The molecule has 82 valence electrons. The maximum Gasteiger partial charge on any atom is 0.150 e. The number of aryl methyl sites for hydroxylation is 1. The fourth-order valence-corrected chi connectivity index (χ4v) is 1.61. The fourth-order valence-electron chi connectivity index (χ4n) is 1.61. The summed E-state index contributed by atoms with van der Waals surface area (Å²) < 4.78 is 15.4. The van der Waals surface area contributed by atoms with Crippen LogP contribution in [0.4, 0.5) is 4.39 Å². The molecule has 0 aliphatic heterocycles. The van der Waals surface area contributed by atoms with Crippen molar-refractivity contribution in [1.29, 1.82) is 0 Å². The Kier molecular flexibility index (Phi) is 2.81. The molecule has 0 fully saturated rings. The highest BCUT2D eigenvalue weighted by Gasteiger charge is 2.08. The quantitative estimate of drug-likeness (QED) is 0.741. The van der Waals surface area contributed by atoms with Gasteiger partial charge in [-0.05, 0) is 18.2 Å². The number of rotatable bonds is 3. The topological polar surface area (TPSA) is 34.9 Å². The zero-order chi connectivity index (χ0) is 11.5. The van der Waals surface area contributed by atoms with Crippen LogP contribution >= 0.6 is 0 Å². The van der Waals surface area contributed by atoms with E-state index >= 15 is 0 Å².